The van der Waals surface area contributed by atoms with E-state index < -0.39 is 12.1 Å². The van der Waals surface area contributed by atoms with E-state index in [1.54, 1.807) is 37.3 Å². The minimum absolute atomic E-state index is 0.0421. The van der Waals surface area contributed by atoms with Crippen LogP contribution in [-0.2, 0) is 0 Å². The Labute approximate surface area is 138 Å². The largest absolute Gasteiger partial charge is 0.467 e. The molecule has 118 valence electrons. The summed E-state index contributed by atoms with van der Waals surface area (Å²) in [6.45, 7) is 1.85. The highest BCUT2D eigenvalue weighted by atomic mass is 35.5. The Bertz CT molecular complexity index is 632. The van der Waals surface area contributed by atoms with Crippen LogP contribution in [0.3, 0.4) is 0 Å². The summed E-state index contributed by atoms with van der Waals surface area (Å²) in [5.74, 6) is 0.397. The number of amides is 2. The monoisotopic (exact) mass is 342 g/mol. The van der Waals surface area contributed by atoms with E-state index in [1.807, 2.05) is 0 Å². The molecule has 7 heteroatoms. The van der Waals surface area contributed by atoms with Gasteiger partial charge in [-0.1, -0.05) is 29.3 Å². The SMILES string of the molecule is CC(NC(=O)NCC(O)c1ccco1)c1ccc(Cl)cc1Cl. The molecule has 22 heavy (non-hydrogen) atoms. The first-order valence-corrected chi connectivity index (χ1v) is 7.43. The molecule has 0 saturated heterocycles. The zero-order chi connectivity index (χ0) is 16.1. The van der Waals surface area contributed by atoms with Crippen molar-refractivity contribution in [1.29, 1.82) is 0 Å². The summed E-state index contributed by atoms with van der Waals surface area (Å²) in [5.41, 5.74) is 0.757. The van der Waals surface area contributed by atoms with Crippen molar-refractivity contribution in [3.8, 4) is 0 Å². The summed E-state index contributed by atoms with van der Waals surface area (Å²) in [6.07, 6.45) is 0.568. The highest BCUT2D eigenvalue weighted by Gasteiger charge is 2.15. The third-order valence-electron chi connectivity index (χ3n) is 3.10. The summed E-state index contributed by atoms with van der Waals surface area (Å²) in [5, 5.41) is 16.1. The maximum Gasteiger partial charge on any atom is 0.315 e. The highest BCUT2D eigenvalue weighted by Crippen LogP contribution is 2.25. The minimum atomic E-state index is -0.893. The van der Waals surface area contributed by atoms with E-state index in [9.17, 15) is 9.90 Å². The summed E-state index contributed by atoms with van der Waals surface area (Å²) in [7, 11) is 0. The lowest BCUT2D eigenvalue weighted by Crippen LogP contribution is -2.39. The molecular weight excluding hydrogens is 327 g/mol. The molecule has 0 aliphatic carbocycles. The predicted octanol–water partition coefficient (Wildman–Crippen LogP) is 3.68. The maximum absolute atomic E-state index is 11.8. The molecule has 0 aliphatic heterocycles. The number of carbonyl (C=O) groups is 1. The average molecular weight is 343 g/mol. The van der Waals surface area contributed by atoms with Crippen molar-refractivity contribution >= 4 is 29.2 Å². The quantitative estimate of drug-likeness (QED) is 0.775. The standard InChI is InChI=1S/C15H16Cl2N2O3/c1-9(11-5-4-10(16)7-12(11)17)19-15(21)18-8-13(20)14-3-2-6-22-14/h2-7,9,13,20H,8H2,1H3,(H2,18,19,21). The molecule has 0 fully saturated rings. The number of carbonyl (C=O) groups excluding carboxylic acids is 1. The molecule has 2 unspecified atom stereocenters. The van der Waals surface area contributed by atoms with Crippen LogP contribution in [0.4, 0.5) is 4.79 Å². The fourth-order valence-corrected chi connectivity index (χ4v) is 2.52. The molecule has 0 radical (unpaired) electrons. The van der Waals surface area contributed by atoms with Crippen LogP contribution in [0.2, 0.25) is 10.0 Å². The topological polar surface area (TPSA) is 74.5 Å². The first-order chi connectivity index (χ1) is 10.5. The predicted molar refractivity (Wildman–Crippen MR) is 85.1 cm³/mol. The number of furan rings is 1. The van der Waals surface area contributed by atoms with E-state index in [-0.39, 0.29) is 12.6 Å². The van der Waals surface area contributed by atoms with E-state index in [1.165, 1.54) is 6.26 Å². The molecule has 2 atom stereocenters. The Kier molecular flexibility index (Phi) is 5.71. The molecule has 0 aliphatic rings. The van der Waals surface area contributed by atoms with Crippen molar-refractivity contribution in [2.75, 3.05) is 6.54 Å². The van der Waals surface area contributed by atoms with Crippen molar-refractivity contribution in [3.63, 3.8) is 0 Å². The Morgan fingerprint density at radius 1 is 1.36 bits per heavy atom. The van der Waals surface area contributed by atoms with E-state index in [2.05, 4.69) is 10.6 Å². The maximum atomic E-state index is 11.8. The number of hydrogen-bond acceptors (Lipinski definition) is 3. The molecule has 1 aromatic heterocycles. The third-order valence-corrected chi connectivity index (χ3v) is 3.67. The number of aliphatic hydroxyl groups is 1. The van der Waals surface area contributed by atoms with Crippen molar-refractivity contribution in [2.24, 2.45) is 0 Å². The van der Waals surface area contributed by atoms with Crippen LogP contribution < -0.4 is 10.6 Å². The normalized spacial score (nSPS) is 13.5. The van der Waals surface area contributed by atoms with E-state index in [0.29, 0.717) is 15.8 Å². The van der Waals surface area contributed by atoms with Gasteiger partial charge < -0.3 is 20.2 Å². The van der Waals surface area contributed by atoms with Crippen molar-refractivity contribution in [2.45, 2.75) is 19.1 Å². The zero-order valence-corrected chi connectivity index (χ0v) is 13.4. The van der Waals surface area contributed by atoms with Crippen LogP contribution in [0.15, 0.2) is 41.0 Å². The fraction of sp³-hybridized carbons (Fsp3) is 0.267. The second-order valence-corrected chi connectivity index (χ2v) is 5.62. The lowest BCUT2D eigenvalue weighted by molar-refractivity contribution is 0.147. The van der Waals surface area contributed by atoms with Crippen LogP contribution >= 0.6 is 23.2 Å². The summed E-state index contributed by atoms with van der Waals surface area (Å²) >= 11 is 11.9. The van der Waals surface area contributed by atoms with E-state index in [0.717, 1.165) is 5.56 Å². The Balaban J connectivity index is 1.86. The van der Waals surface area contributed by atoms with Crippen molar-refractivity contribution in [1.82, 2.24) is 10.6 Å². The lowest BCUT2D eigenvalue weighted by Gasteiger charge is -2.17. The highest BCUT2D eigenvalue weighted by molar-refractivity contribution is 6.35. The first kappa shape index (κ1) is 16.7. The number of nitrogens with one attached hydrogen (secondary N) is 2. The molecule has 3 N–H and O–H groups in total. The van der Waals surface area contributed by atoms with Gasteiger partial charge in [0.05, 0.1) is 18.8 Å². The number of aliphatic hydroxyl groups excluding tert-OH is 1. The van der Waals surface area contributed by atoms with Crippen LogP contribution in [-0.4, -0.2) is 17.7 Å². The van der Waals surface area contributed by atoms with E-state index >= 15 is 0 Å². The van der Waals surface area contributed by atoms with Gasteiger partial charge in [-0.05, 0) is 36.8 Å². The second kappa shape index (κ2) is 7.54. The molecule has 2 rings (SSSR count). The van der Waals surface area contributed by atoms with Gasteiger partial charge in [-0.2, -0.15) is 0 Å². The lowest BCUT2D eigenvalue weighted by atomic mass is 10.1. The molecule has 0 saturated carbocycles. The summed E-state index contributed by atoms with van der Waals surface area (Å²) in [6, 6.07) is 7.68. The molecule has 0 bridgehead atoms. The van der Waals surface area contributed by atoms with Gasteiger partial charge in [-0.3, -0.25) is 0 Å². The molecular formula is C15H16Cl2N2O3. The van der Waals surface area contributed by atoms with Gasteiger partial charge in [-0.15, -0.1) is 0 Å². The molecule has 2 aromatic rings. The van der Waals surface area contributed by atoms with Crippen LogP contribution in [0.25, 0.3) is 0 Å². The van der Waals surface area contributed by atoms with Gasteiger partial charge in [0, 0.05) is 10.0 Å². The smallest absolute Gasteiger partial charge is 0.315 e. The molecule has 1 aromatic carbocycles. The van der Waals surface area contributed by atoms with Gasteiger partial charge >= 0.3 is 6.03 Å². The van der Waals surface area contributed by atoms with Crippen LogP contribution in [0.1, 0.15) is 30.4 Å². The number of urea groups is 1. The minimum Gasteiger partial charge on any atom is -0.467 e. The fourth-order valence-electron chi connectivity index (χ4n) is 1.95. The number of rotatable bonds is 5. The molecule has 5 nitrogen and oxygen atoms in total. The average Bonchev–Trinajstić information content (AvgIpc) is 2.98. The first-order valence-electron chi connectivity index (χ1n) is 6.68. The Morgan fingerprint density at radius 3 is 2.77 bits per heavy atom. The Hall–Kier alpha value is -1.69. The van der Waals surface area contributed by atoms with Gasteiger partial charge in [0.1, 0.15) is 11.9 Å². The van der Waals surface area contributed by atoms with Crippen LogP contribution in [0.5, 0.6) is 0 Å². The summed E-state index contributed by atoms with van der Waals surface area (Å²) < 4.78 is 5.05. The third kappa shape index (κ3) is 4.40. The van der Waals surface area contributed by atoms with Gasteiger partial charge in [0.15, 0.2) is 0 Å². The molecule has 1 heterocycles. The van der Waals surface area contributed by atoms with E-state index in [4.69, 9.17) is 27.6 Å². The zero-order valence-electron chi connectivity index (χ0n) is 11.8. The van der Waals surface area contributed by atoms with Crippen LogP contribution in [0, 0.1) is 0 Å². The van der Waals surface area contributed by atoms with Gasteiger partial charge in [-0.25, -0.2) is 4.79 Å². The summed E-state index contributed by atoms with van der Waals surface area (Å²) in [4.78, 5) is 11.8. The molecule has 2 amide bonds. The Morgan fingerprint density at radius 2 is 2.14 bits per heavy atom. The van der Waals surface area contributed by atoms with Gasteiger partial charge in [0.2, 0.25) is 0 Å². The number of hydrogen-bond donors (Lipinski definition) is 3. The van der Waals surface area contributed by atoms with Crippen molar-refractivity contribution < 1.29 is 14.3 Å². The number of halogens is 2. The number of benzene rings is 1. The molecule has 0 spiro atoms. The van der Waals surface area contributed by atoms with Crippen molar-refractivity contribution in [3.05, 3.63) is 58.0 Å². The van der Waals surface area contributed by atoms with Gasteiger partial charge in [0.25, 0.3) is 0 Å². The second-order valence-electron chi connectivity index (χ2n) is 4.77.